The molecule has 8 heteroatoms. The smallest absolute Gasteiger partial charge is 0.387 e. The zero-order valence-corrected chi connectivity index (χ0v) is 14.0. The van der Waals surface area contributed by atoms with Gasteiger partial charge in [0.05, 0.1) is 0 Å². The predicted octanol–water partition coefficient (Wildman–Crippen LogP) is 3.82. The van der Waals surface area contributed by atoms with Gasteiger partial charge in [0, 0.05) is 25.8 Å². The molecule has 0 heterocycles. The van der Waals surface area contributed by atoms with Crippen LogP contribution in [0.5, 0.6) is 5.75 Å². The first-order chi connectivity index (χ1) is 12.4. The zero-order chi connectivity index (χ0) is 19.1. The maximum atomic E-state index is 14.0. The highest BCUT2D eigenvalue weighted by atomic mass is 19.3. The molecule has 2 aromatic carbocycles. The molecule has 0 spiro atoms. The summed E-state index contributed by atoms with van der Waals surface area (Å²) in [7, 11) is 1.88. The van der Waals surface area contributed by atoms with Gasteiger partial charge in [-0.1, -0.05) is 18.2 Å². The summed E-state index contributed by atoms with van der Waals surface area (Å²) in [6.45, 7) is -2.52. The van der Waals surface area contributed by atoms with Crippen LogP contribution in [0.15, 0.2) is 42.5 Å². The second-order valence-electron chi connectivity index (χ2n) is 5.48. The molecule has 0 aromatic heterocycles. The number of ether oxygens (including phenoxy) is 1. The van der Waals surface area contributed by atoms with Gasteiger partial charge in [0.1, 0.15) is 11.4 Å². The van der Waals surface area contributed by atoms with Gasteiger partial charge in [0.15, 0.2) is 11.6 Å². The quantitative estimate of drug-likeness (QED) is 0.567. The van der Waals surface area contributed by atoms with Gasteiger partial charge in [0.25, 0.3) is 5.91 Å². The fraction of sp³-hybridized carbons (Fsp3) is 0.278. The minimum atomic E-state index is -3.28. The van der Waals surface area contributed by atoms with Crippen LogP contribution in [0.4, 0.5) is 23.2 Å². The van der Waals surface area contributed by atoms with Gasteiger partial charge < -0.3 is 15.0 Å². The molecule has 0 aliphatic rings. The number of nitrogens with one attached hydrogen (secondary N) is 1. The summed E-state index contributed by atoms with van der Waals surface area (Å²) in [6, 6.07) is 11.0. The number of carbonyl (C=O) groups excluding carboxylic acids is 1. The van der Waals surface area contributed by atoms with E-state index in [-0.39, 0.29) is 6.54 Å². The van der Waals surface area contributed by atoms with Crippen molar-refractivity contribution in [2.24, 2.45) is 0 Å². The minimum absolute atomic E-state index is 0.162. The first-order valence-corrected chi connectivity index (χ1v) is 7.87. The number of benzene rings is 2. The number of hydrogen-bond acceptors (Lipinski definition) is 3. The molecule has 2 rings (SSSR count). The van der Waals surface area contributed by atoms with E-state index in [9.17, 15) is 22.4 Å². The van der Waals surface area contributed by atoms with Crippen LogP contribution in [0, 0.1) is 11.6 Å². The first-order valence-electron chi connectivity index (χ1n) is 7.87. The molecule has 0 aliphatic carbocycles. The summed E-state index contributed by atoms with van der Waals surface area (Å²) < 4.78 is 56.1. The lowest BCUT2D eigenvalue weighted by Crippen LogP contribution is -2.29. The number of amides is 1. The summed E-state index contributed by atoms with van der Waals surface area (Å²) in [5.74, 6) is -4.51. The Labute approximate surface area is 148 Å². The zero-order valence-electron chi connectivity index (χ0n) is 14.0. The van der Waals surface area contributed by atoms with Gasteiger partial charge in [-0.25, -0.2) is 8.78 Å². The molecule has 140 valence electrons. The normalized spacial score (nSPS) is 10.7. The number of halogens is 4. The lowest BCUT2D eigenvalue weighted by Gasteiger charge is -2.19. The second-order valence-corrected chi connectivity index (χ2v) is 5.48. The van der Waals surface area contributed by atoms with Crippen LogP contribution in [0.3, 0.4) is 0 Å². The van der Waals surface area contributed by atoms with E-state index in [1.54, 1.807) is 0 Å². The van der Waals surface area contributed by atoms with E-state index in [0.717, 1.165) is 5.69 Å². The summed E-state index contributed by atoms with van der Waals surface area (Å²) in [5, 5.41) is 2.38. The van der Waals surface area contributed by atoms with E-state index >= 15 is 0 Å². The lowest BCUT2D eigenvalue weighted by atomic mass is 10.1. The molecule has 0 atom stereocenters. The first kappa shape index (κ1) is 19.6. The Morgan fingerprint density at radius 1 is 1.15 bits per heavy atom. The number of alkyl halides is 2. The Kier molecular flexibility index (Phi) is 6.82. The largest absolute Gasteiger partial charge is 0.432 e. The van der Waals surface area contributed by atoms with Crippen molar-refractivity contribution in [3.8, 4) is 5.75 Å². The highest BCUT2D eigenvalue weighted by molar-refractivity contribution is 5.95. The standard InChI is InChI=1S/C18H18F4N2O2/c1-24(12-6-3-2-4-7-12)11-5-10-23-17(25)15-13(19)8-9-14(16(15)20)26-18(21)22/h2-4,6-9,18H,5,10-11H2,1H3,(H,23,25). The number of hydrogen-bond donors (Lipinski definition) is 1. The van der Waals surface area contributed by atoms with E-state index in [1.807, 2.05) is 42.3 Å². The van der Waals surface area contributed by atoms with Crippen LogP contribution in [0.25, 0.3) is 0 Å². The highest BCUT2D eigenvalue weighted by Gasteiger charge is 2.22. The van der Waals surface area contributed by atoms with E-state index in [2.05, 4.69) is 10.1 Å². The molecule has 2 aromatic rings. The monoisotopic (exact) mass is 370 g/mol. The Hall–Kier alpha value is -2.77. The predicted molar refractivity (Wildman–Crippen MR) is 89.7 cm³/mol. The number of para-hydroxylation sites is 1. The highest BCUT2D eigenvalue weighted by Crippen LogP contribution is 2.24. The molecule has 0 bridgehead atoms. The molecule has 0 saturated carbocycles. The third-order valence-electron chi connectivity index (χ3n) is 3.65. The summed E-state index contributed by atoms with van der Waals surface area (Å²) in [5.41, 5.74) is 0.0485. The molecule has 1 N–H and O–H groups in total. The van der Waals surface area contributed by atoms with Crippen molar-refractivity contribution in [2.45, 2.75) is 13.0 Å². The van der Waals surface area contributed by atoms with Crippen LogP contribution in [0.1, 0.15) is 16.8 Å². The SMILES string of the molecule is CN(CCCNC(=O)c1c(F)ccc(OC(F)F)c1F)c1ccccc1. The van der Waals surface area contributed by atoms with Crippen molar-refractivity contribution in [1.82, 2.24) is 5.32 Å². The van der Waals surface area contributed by atoms with Crippen LogP contribution in [-0.4, -0.2) is 32.7 Å². The number of nitrogens with zero attached hydrogens (tertiary/aromatic N) is 1. The molecule has 26 heavy (non-hydrogen) atoms. The van der Waals surface area contributed by atoms with Gasteiger partial charge in [0.2, 0.25) is 0 Å². The van der Waals surface area contributed by atoms with E-state index < -0.39 is 35.5 Å². The molecule has 0 saturated heterocycles. The van der Waals surface area contributed by atoms with Crippen molar-refractivity contribution in [2.75, 3.05) is 25.0 Å². The average molecular weight is 370 g/mol. The van der Waals surface area contributed by atoms with Crippen LogP contribution >= 0.6 is 0 Å². The Balaban J connectivity index is 1.92. The van der Waals surface area contributed by atoms with Crippen molar-refractivity contribution in [3.63, 3.8) is 0 Å². The van der Waals surface area contributed by atoms with E-state index in [4.69, 9.17) is 0 Å². The molecular weight excluding hydrogens is 352 g/mol. The Bertz CT molecular complexity index is 741. The fourth-order valence-corrected chi connectivity index (χ4v) is 2.35. The average Bonchev–Trinajstić information content (AvgIpc) is 2.61. The third-order valence-corrected chi connectivity index (χ3v) is 3.65. The summed E-state index contributed by atoms with van der Waals surface area (Å²) in [4.78, 5) is 14.0. The number of rotatable bonds is 8. The summed E-state index contributed by atoms with van der Waals surface area (Å²) >= 11 is 0. The molecule has 0 aliphatic heterocycles. The van der Waals surface area contributed by atoms with Crippen molar-refractivity contribution >= 4 is 11.6 Å². The molecule has 0 fully saturated rings. The van der Waals surface area contributed by atoms with Gasteiger partial charge >= 0.3 is 6.61 Å². The number of anilines is 1. The molecule has 0 radical (unpaired) electrons. The number of carbonyl (C=O) groups is 1. The van der Waals surface area contributed by atoms with Crippen LogP contribution < -0.4 is 15.0 Å². The molecule has 4 nitrogen and oxygen atoms in total. The summed E-state index contributed by atoms with van der Waals surface area (Å²) in [6.07, 6.45) is 0.521. The topological polar surface area (TPSA) is 41.6 Å². The Morgan fingerprint density at radius 3 is 2.50 bits per heavy atom. The van der Waals surface area contributed by atoms with E-state index in [1.165, 1.54) is 0 Å². The maximum Gasteiger partial charge on any atom is 0.387 e. The minimum Gasteiger partial charge on any atom is -0.432 e. The fourth-order valence-electron chi connectivity index (χ4n) is 2.35. The van der Waals surface area contributed by atoms with Crippen LogP contribution in [-0.2, 0) is 0 Å². The van der Waals surface area contributed by atoms with Crippen molar-refractivity contribution in [1.29, 1.82) is 0 Å². The maximum absolute atomic E-state index is 14.0. The second kappa shape index (κ2) is 9.07. The van der Waals surface area contributed by atoms with Gasteiger partial charge in [-0.2, -0.15) is 8.78 Å². The molecule has 1 amide bonds. The lowest BCUT2D eigenvalue weighted by molar-refractivity contribution is -0.0523. The molecular formula is C18H18F4N2O2. The van der Waals surface area contributed by atoms with Gasteiger partial charge in [-0.15, -0.1) is 0 Å². The molecule has 0 unspecified atom stereocenters. The van der Waals surface area contributed by atoms with Crippen molar-refractivity contribution < 1.29 is 27.1 Å². The van der Waals surface area contributed by atoms with Gasteiger partial charge in [-0.3, -0.25) is 4.79 Å². The van der Waals surface area contributed by atoms with Crippen molar-refractivity contribution in [3.05, 3.63) is 59.7 Å². The third kappa shape index (κ3) is 5.11. The van der Waals surface area contributed by atoms with Crippen LogP contribution in [0.2, 0.25) is 0 Å². The van der Waals surface area contributed by atoms with E-state index in [0.29, 0.717) is 25.1 Å². The van der Waals surface area contributed by atoms with Gasteiger partial charge in [-0.05, 0) is 30.7 Å². The Morgan fingerprint density at radius 2 is 1.85 bits per heavy atom.